The Labute approximate surface area is 134 Å². The number of ether oxygens (including phenoxy) is 1. The Kier molecular flexibility index (Phi) is 3.89. The lowest BCUT2D eigenvalue weighted by Gasteiger charge is -2.21. The van der Waals surface area contributed by atoms with Crippen LogP contribution in [0.25, 0.3) is 11.3 Å². The number of anilines is 3. The molecule has 1 aliphatic rings. The topological polar surface area (TPSA) is 114 Å². The molecule has 0 atom stereocenters. The van der Waals surface area contributed by atoms with E-state index in [-0.39, 0.29) is 17.3 Å². The van der Waals surface area contributed by atoms with Gasteiger partial charge in [0.05, 0.1) is 18.5 Å². The fourth-order valence-electron chi connectivity index (χ4n) is 2.86. The molecule has 7 nitrogen and oxygen atoms in total. The number of benzene rings is 1. The molecule has 4 N–H and O–H groups in total. The lowest BCUT2D eigenvalue weighted by molar-refractivity contribution is 0.415. The molecule has 1 aromatic carbocycles. The van der Waals surface area contributed by atoms with Crippen molar-refractivity contribution in [2.75, 3.05) is 36.6 Å². The van der Waals surface area contributed by atoms with E-state index in [1.54, 1.807) is 7.11 Å². The van der Waals surface area contributed by atoms with E-state index in [0.717, 1.165) is 30.1 Å². The summed E-state index contributed by atoms with van der Waals surface area (Å²) < 4.78 is 5.52. The van der Waals surface area contributed by atoms with Crippen LogP contribution < -0.4 is 21.1 Å². The Morgan fingerprint density at radius 2 is 1.96 bits per heavy atom. The molecule has 1 aliphatic heterocycles. The van der Waals surface area contributed by atoms with E-state index in [0.29, 0.717) is 5.69 Å². The van der Waals surface area contributed by atoms with Crippen LogP contribution in [0.1, 0.15) is 18.4 Å². The number of nitrogen functional groups attached to an aromatic ring is 2. The molecule has 0 bridgehead atoms. The number of nitriles is 1. The number of hydrogen-bond donors (Lipinski definition) is 2. The van der Waals surface area contributed by atoms with Crippen LogP contribution in [0.4, 0.5) is 17.5 Å². The zero-order chi connectivity index (χ0) is 16.4. The number of nitrogens with zero attached hydrogens (tertiary/aromatic N) is 4. The van der Waals surface area contributed by atoms with Crippen molar-refractivity contribution in [1.29, 1.82) is 5.26 Å². The largest absolute Gasteiger partial charge is 0.495 e. The van der Waals surface area contributed by atoms with Crippen LogP contribution in [0.2, 0.25) is 0 Å². The van der Waals surface area contributed by atoms with Gasteiger partial charge in [-0.1, -0.05) is 6.07 Å². The highest BCUT2D eigenvalue weighted by atomic mass is 16.5. The van der Waals surface area contributed by atoms with E-state index in [9.17, 15) is 5.26 Å². The fraction of sp³-hybridized carbons (Fsp3) is 0.312. The maximum atomic E-state index is 9.31. The maximum absolute atomic E-state index is 9.31. The Morgan fingerprint density at radius 3 is 2.61 bits per heavy atom. The molecule has 1 fully saturated rings. The molecule has 7 heteroatoms. The average molecular weight is 310 g/mol. The highest BCUT2D eigenvalue weighted by Gasteiger charge is 2.19. The molecular formula is C16H18N6O. The van der Waals surface area contributed by atoms with Crippen molar-refractivity contribution in [3.8, 4) is 23.1 Å². The molecule has 2 aromatic rings. The van der Waals surface area contributed by atoms with Crippen molar-refractivity contribution in [3.05, 3.63) is 23.8 Å². The lowest BCUT2D eigenvalue weighted by Crippen LogP contribution is -2.18. The third-order valence-corrected chi connectivity index (χ3v) is 3.97. The molecule has 0 spiro atoms. The van der Waals surface area contributed by atoms with Gasteiger partial charge in [-0.2, -0.15) is 10.2 Å². The first-order valence-electron chi connectivity index (χ1n) is 7.40. The van der Waals surface area contributed by atoms with E-state index < -0.39 is 0 Å². The first kappa shape index (κ1) is 14.9. The second-order valence-electron chi connectivity index (χ2n) is 5.38. The average Bonchev–Trinajstić information content (AvgIpc) is 3.07. The van der Waals surface area contributed by atoms with E-state index >= 15 is 0 Å². The Hall–Kier alpha value is -3.01. The zero-order valence-electron chi connectivity index (χ0n) is 12.9. The Bertz CT molecular complexity index is 777. The van der Waals surface area contributed by atoms with Gasteiger partial charge in [-0.15, -0.1) is 0 Å². The summed E-state index contributed by atoms with van der Waals surface area (Å²) in [5, 5.41) is 9.31. The van der Waals surface area contributed by atoms with Gasteiger partial charge in [-0.3, -0.25) is 0 Å². The van der Waals surface area contributed by atoms with Crippen LogP contribution in [0.15, 0.2) is 18.2 Å². The highest BCUT2D eigenvalue weighted by Crippen LogP contribution is 2.36. The zero-order valence-corrected chi connectivity index (χ0v) is 12.9. The van der Waals surface area contributed by atoms with Gasteiger partial charge in [0.2, 0.25) is 5.95 Å². The molecule has 118 valence electrons. The van der Waals surface area contributed by atoms with E-state index in [4.69, 9.17) is 16.2 Å². The molecule has 0 radical (unpaired) electrons. The third kappa shape index (κ3) is 2.71. The van der Waals surface area contributed by atoms with Crippen molar-refractivity contribution >= 4 is 17.5 Å². The minimum atomic E-state index is 0.0408. The molecule has 0 unspecified atom stereocenters. The summed E-state index contributed by atoms with van der Waals surface area (Å²) in [5.41, 5.74) is 13.9. The lowest BCUT2D eigenvalue weighted by atomic mass is 10.1. The highest BCUT2D eigenvalue weighted by molar-refractivity contribution is 5.76. The smallest absolute Gasteiger partial charge is 0.222 e. The standard InChI is InChI=1S/C16H18N6O/c1-23-13-8-10(4-5-12(13)22-6-2-3-7-22)14-11(9-17)15(18)21-16(19)20-14/h4-5,8H,2-3,6-7H2,1H3,(H4,18,19,20,21). The number of hydrogen-bond acceptors (Lipinski definition) is 7. The molecule has 3 rings (SSSR count). The van der Waals surface area contributed by atoms with Crippen LogP contribution in [0.5, 0.6) is 5.75 Å². The van der Waals surface area contributed by atoms with Gasteiger partial charge < -0.3 is 21.1 Å². The first-order valence-corrected chi connectivity index (χ1v) is 7.40. The molecule has 0 saturated carbocycles. The number of rotatable bonds is 3. The fourth-order valence-corrected chi connectivity index (χ4v) is 2.86. The second-order valence-corrected chi connectivity index (χ2v) is 5.38. The number of aromatic nitrogens is 2. The van der Waals surface area contributed by atoms with Gasteiger partial charge in [0.25, 0.3) is 0 Å². The minimum absolute atomic E-state index is 0.0408. The van der Waals surface area contributed by atoms with E-state index in [1.165, 1.54) is 12.8 Å². The molecule has 23 heavy (non-hydrogen) atoms. The Morgan fingerprint density at radius 1 is 1.22 bits per heavy atom. The van der Waals surface area contributed by atoms with Gasteiger partial charge in [0, 0.05) is 18.7 Å². The van der Waals surface area contributed by atoms with Crippen molar-refractivity contribution in [1.82, 2.24) is 9.97 Å². The van der Waals surface area contributed by atoms with Crippen LogP contribution in [-0.2, 0) is 0 Å². The van der Waals surface area contributed by atoms with Crippen molar-refractivity contribution in [2.24, 2.45) is 0 Å². The monoisotopic (exact) mass is 310 g/mol. The number of nitrogens with two attached hydrogens (primary N) is 2. The third-order valence-electron chi connectivity index (χ3n) is 3.97. The van der Waals surface area contributed by atoms with Crippen molar-refractivity contribution in [2.45, 2.75) is 12.8 Å². The molecule has 1 aromatic heterocycles. The molecule has 1 saturated heterocycles. The first-order chi connectivity index (χ1) is 11.1. The van der Waals surface area contributed by atoms with Gasteiger partial charge in [-0.05, 0) is 25.0 Å². The summed E-state index contributed by atoms with van der Waals surface area (Å²) in [6.45, 7) is 2.04. The van der Waals surface area contributed by atoms with E-state index in [1.807, 2.05) is 24.3 Å². The SMILES string of the molecule is COc1cc(-c2nc(N)nc(N)c2C#N)ccc1N1CCCC1. The van der Waals surface area contributed by atoms with Gasteiger partial charge in [0.15, 0.2) is 0 Å². The summed E-state index contributed by atoms with van der Waals surface area (Å²) in [7, 11) is 1.63. The van der Waals surface area contributed by atoms with Crippen molar-refractivity contribution in [3.63, 3.8) is 0 Å². The summed E-state index contributed by atoms with van der Waals surface area (Å²) in [6, 6.07) is 7.78. The van der Waals surface area contributed by atoms with Gasteiger partial charge in [0.1, 0.15) is 23.2 Å². The van der Waals surface area contributed by atoms with Gasteiger partial charge >= 0.3 is 0 Å². The normalized spacial score (nSPS) is 13.8. The molecule has 2 heterocycles. The summed E-state index contributed by atoms with van der Waals surface area (Å²) in [6.07, 6.45) is 2.37. The quantitative estimate of drug-likeness (QED) is 0.888. The molecular weight excluding hydrogens is 292 g/mol. The second kappa shape index (κ2) is 6.01. The maximum Gasteiger partial charge on any atom is 0.222 e. The minimum Gasteiger partial charge on any atom is -0.495 e. The predicted molar refractivity (Wildman–Crippen MR) is 89.0 cm³/mol. The summed E-state index contributed by atoms with van der Waals surface area (Å²) in [4.78, 5) is 10.3. The number of methoxy groups -OCH3 is 1. The summed E-state index contributed by atoms with van der Waals surface area (Å²) >= 11 is 0. The van der Waals surface area contributed by atoms with Crippen LogP contribution in [-0.4, -0.2) is 30.2 Å². The summed E-state index contributed by atoms with van der Waals surface area (Å²) in [5.74, 6) is 0.862. The van der Waals surface area contributed by atoms with Crippen molar-refractivity contribution < 1.29 is 4.74 Å². The van der Waals surface area contributed by atoms with Crippen LogP contribution in [0.3, 0.4) is 0 Å². The van der Waals surface area contributed by atoms with Gasteiger partial charge in [-0.25, -0.2) is 4.98 Å². The van der Waals surface area contributed by atoms with E-state index in [2.05, 4.69) is 14.9 Å². The molecule has 0 aliphatic carbocycles. The molecule has 0 amide bonds. The van der Waals surface area contributed by atoms with Crippen LogP contribution in [0, 0.1) is 11.3 Å². The van der Waals surface area contributed by atoms with Crippen LogP contribution >= 0.6 is 0 Å². The predicted octanol–water partition coefficient (Wildman–Crippen LogP) is 1.79. The Balaban J connectivity index is 2.10.